The van der Waals surface area contributed by atoms with Gasteiger partial charge >= 0.3 is 0 Å². The molecule has 0 radical (unpaired) electrons. The summed E-state index contributed by atoms with van der Waals surface area (Å²) in [5, 5.41) is 15.5. The minimum absolute atomic E-state index is 0.0612. The molecular weight excluding hydrogens is 530 g/mol. The van der Waals surface area contributed by atoms with Crippen LogP contribution < -0.4 is 15.4 Å². The molecule has 0 saturated carbocycles. The maximum Gasteiger partial charge on any atom is 0.265 e. The number of rotatable bonds is 8. The number of aromatic hydroxyl groups is 1. The lowest BCUT2D eigenvalue weighted by molar-refractivity contribution is -0.115. The van der Waals surface area contributed by atoms with Gasteiger partial charge in [0.25, 0.3) is 5.91 Å². The van der Waals surface area contributed by atoms with Crippen LogP contribution in [0.1, 0.15) is 53.7 Å². The number of methoxy groups -OCH3 is 1. The van der Waals surface area contributed by atoms with E-state index >= 15 is 0 Å². The smallest absolute Gasteiger partial charge is 0.265 e. The van der Waals surface area contributed by atoms with Gasteiger partial charge in [0.2, 0.25) is 5.91 Å². The van der Waals surface area contributed by atoms with Gasteiger partial charge in [0.1, 0.15) is 5.92 Å². The van der Waals surface area contributed by atoms with E-state index in [1.165, 1.54) is 26.3 Å². The molecule has 0 fully saturated rings. The molecular formula is C30H23N3O6S. The molecule has 10 heteroatoms. The lowest BCUT2D eigenvalue weighted by atomic mass is 9.97. The number of ether oxygens (including phenoxy) is 1. The van der Waals surface area contributed by atoms with Crippen molar-refractivity contribution < 1.29 is 29.0 Å². The van der Waals surface area contributed by atoms with Crippen LogP contribution in [0.2, 0.25) is 0 Å². The third-order valence-electron chi connectivity index (χ3n) is 6.29. The largest absolute Gasteiger partial charge is 0.504 e. The SMILES string of the molecule is COc1ccc(N=CC2C(=O)Nc3cc(C(=O)c4cccc(NC(=O)c5ccc(C(C)=O)s5)c4)ccc32)cc1O. The van der Waals surface area contributed by atoms with Gasteiger partial charge in [-0.25, -0.2) is 0 Å². The maximum atomic E-state index is 13.3. The van der Waals surface area contributed by atoms with Gasteiger partial charge in [0.05, 0.1) is 22.6 Å². The first kappa shape index (κ1) is 26.5. The molecule has 9 nitrogen and oxygen atoms in total. The molecule has 1 unspecified atom stereocenters. The van der Waals surface area contributed by atoms with Gasteiger partial charge in [-0.15, -0.1) is 11.3 Å². The summed E-state index contributed by atoms with van der Waals surface area (Å²) in [5.41, 5.74) is 2.79. The summed E-state index contributed by atoms with van der Waals surface area (Å²) < 4.78 is 5.03. The molecule has 0 spiro atoms. The molecule has 0 saturated heterocycles. The first-order valence-corrected chi connectivity index (χ1v) is 13.0. The number of fused-ring (bicyclic) bond motifs is 1. The van der Waals surface area contributed by atoms with E-state index in [4.69, 9.17) is 4.74 Å². The number of phenols is 1. The van der Waals surface area contributed by atoms with Crippen LogP contribution in [0.15, 0.2) is 77.8 Å². The van der Waals surface area contributed by atoms with Crippen molar-refractivity contribution >= 4 is 58.0 Å². The molecule has 3 aromatic carbocycles. The molecule has 1 aliphatic heterocycles. The Morgan fingerprint density at radius 2 is 1.77 bits per heavy atom. The minimum atomic E-state index is -0.664. The molecule has 2 amide bonds. The summed E-state index contributed by atoms with van der Waals surface area (Å²) in [6.45, 7) is 1.44. The highest BCUT2D eigenvalue weighted by Gasteiger charge is 2.30. The second kappa shape index (κ2) is 11.0. The number of carbonyl (C=O) groups excluding carboxylic acids is 4. The molecule has 1 atom stereocenters. The molecule has 1 aliphatic rings. The summed E-state index contributed by atoms with van der Waals surface area (Å²) in [6, 6.07) is 19.4. The standard InChI is InChI=1S/C30H23N3O6S/c1-16(34)26-10-11-27(40-26)30(38)32-20-5-3-4-17(12-20)28(36)18-6-8-21-22(29(37)33-23(21)13-18)15-31-19-7-9-25(39-2)24(35)14-19/h3-15,22,35H,1-2H3,(H,32,38)(H,33,37). The first-order valence-electron chi connectivity index (χ1n) is 12.2. The first-order chi connectivity index (χ1) is 19.2. The van der Waals surface area contributed by atoms with Crippen LogP contribution in [0.5, 0.6) is 11.5 Å². The van der Waals surface area contributed by atoms with Crippen LogP contribution in [0.4, 0.5) is 17.1 Å². The molecule has 2 heterocycles. The van der Waals surface area contributed by atoms with Crippen LogP contribution in [-0.2, 0) is 4.79 Å². The number of amides is 2. The fraction of sp³-hybridized carbons (Fsp3) is 0.100. The summed E-state index contributed by atoms with van der Waals surface area (Å²) in [4.78, 5) is 55.3. The molecule has 0 aliphatic carbocycles. The molecule has 4 aromatic rings. The van der Waals surface area contributed by atoms with Gasteiger partial charge in [-0.3, -0.25) is 24.2 Å². The van der Waals surface area contributed by atoms with Crippen LogP contribution in [0, 0.1) is 0 Å². The number of thiophene rings is 1. The van der Waals surface area contributed by atoms with Crippen molar-refractivity contribution in [2.75, 3.05) is 17.7 Å². The Labute approximate surface area is 233 Å². The molecule has 0 bridgehead atoms. The summed E-state index contributed by atoms with van der Waals surface area (Å²) >= 11 is 1.10. The van der Waals surface area contributed by atoms with E-state index in [0.717, 1.165) is 11.3 Å². The normalized spacial score (nSPS) is 14.1. The zero-order valence-electron chi connectivity index (χ0n) is 21.4. The summed E-state index contributed by atoms with van der Waals surface area (Å²) in [6.07, 6.45) is 1.49. The topological polar surface area (TPSA) is 134 Å². The second-order valence-corrected chi connectivity index (χ2v) is 10.1. The van der Waals surface area contributed by atoms with Crippen molar-refractivity contribution in [2.24, 2.45) is 4.99 Å². The van der Waals surface area contributed by atoms with Gasteiger partial charge in [-0.2, -0.15) is 0 Å². The number of Topliss-reactive ketones (excluding diaryl/α,β-unsaturated/α-hetero) is 1. The summed E-state index contributed by atoms with van der Waals surface area (Å²) in [7, 11) is 1.45. The molecule has 3 N–H and O–H groups in total. The molecule has 200 valence electrons. The van der Waals surface area contributed by atoms with Crippen LogP contribution in [0.3, 0.4) is 0 Å². The average Bonchev–Trinajstić information content (AvgIpc) is 3.56. The number of hydrogen-bond donors (Lipinski definition) is 3. The second-order valence-electron chi connectivity index (χ2n) is 8.99. The van der Waals surface area contributed by atoms with Crippen molar-refractivity contribution in [1.29, 1.82) is 0 Å². The third kappa shape index (κ3) is 5.38. The Morgan fingerprint density at radius 3 is 2.50 bits per heavy atom. The monoisotopic (exact) mass is 553 g/mol. The Hall–Kier alpha value is -5.09. The van der Waals surface area contributed by atoms with Gasteiger partial charge in [0, 0.05) is 34.8 Å². The van der Waals surface area contributed by atoms with Crippen molar-refractivity contribution in [1.82, 2.24) is 0 Å². The Balaban J connectivity index is 1.32. The number of nitrogens with zero attached hydrogens (tertiary/aromatic N) is 1. The predicted molar refractivity (Wildman–Crippen MR) is 153 cm³/mol. The summed E-state index contributed by atoms with van der Waals surface area (Å²) in [5.74, 6) is -1.46. The van der Waals surface area contributed by atoms with Gasteiger partial charge in [-0.1, -0.05) is 24.3 Å². The highest BCUT2D eigenvalue weighted by atomic mass is 32.1. The van der Waals surface area contributed by atoms with Crippen molar-refractivity contribution in [3.63, 3.8) is 0 Å². The van der Waals surface area contributed by atoms with Crippen LogP contribution in [0.25, 0.3) is 0 Å². The zero-order valence-corrected chi connectivity index (χ0v) is 22.2. The van der Waals surface area contributed by atoms with Crippen LogP contribution in [-0.4, -0.2) is 41.8 Å². The molecule has 5 rings (SSSR count). The van der Waals surface area contributed by atoms with E-state index in [2.05, 4.69) is 15.6 Å². The lowest BCUT2D eigenvalue weighted by Gasteiger charge is -2.08. The van der Waals surface area contributed by atoms with E-state index in [1.54, 1.807) is 66.7 Å². The van der Waals surface area contributed by atoms with E-state index in [0.29, 0.717) is 49.3 Å². The van der Waals surface area contributed by atoms with E-state index in [1.807, 2.05) is 0 Å². The number of nitrogens with one attached hydrogen (secondary N) is 2. The van der Waals surface area contributed by atoms with Gasteiger partial charge < -0.3 is 20.5 Å². The fourth-order valence-corrected chi connectivity index (χ4v) is 5.04. The number of phenolic OH excluding ortho intramolecular Hbond substituents is 1. The van der Waals surface area contributed by atoms with E-state index in [-0.39, 0.29) is 29.1 Å². The zero-order chi connectivity index (χ0) is 28.4. The Morgan fingerprint density at radius 1 is 1.00 bits per heavy atom. The molecule has 1 aromatic heterocycles. The van der Waals surface area contributed by atoms with E-state index < -0.39 is 5.92 Å². The van der Waals surface area contributed by atoms with Gasteiger partial charge in [0.15, 0.2) is 23.1 Å². The number of ketones is 2. The maximum absolute atomic E-state index is 13.3. The Bertz CT molecular complexity index is 1710. The van der Waals surface area contributed by atoms with E-state index in [9.17, 15) is 24.3 Å². The predicted octanol–water partition coefficient (Wildman–Crippen LogP) is 5.59. The highest BCUT2D eigenvalue weighted by Crippen LogP contribution is 2.34. The number of hydrogen-bond acceptors (Lipinski definition) is 8. The number of anilines is 2. The van der Waals surface area contributed by atoms with Gasteiger partial charge in [-0.05, 0) is 55.0 Å². The average molecular weight is 554 g/mol. The van der Waals surface area contributed by atoms with Crippen molar-refractivity contribution in [3.8, 4) is 11.5 Å². The van der Waals surface area contributed by atoms with Crippen LogP contribution >= 0.6 is 11.3 Å². The fourth-order valence-electron chi connectivity index (χ4n) is 4.24. The highest BCUT2D eigenvalue weighted by molar-refractivity contribution is 7.16. The molecule has 40 heavy (non-hydrogen) atoms. The number of benzene rings is 3. The lowest BCUT2D eigenvalue weighted by Crippen LogP contribution is -2.12. The van der Waals surface area contributed by atoms with Crippen molar-refractivity contribution in [2.45, 2.75) is 12.8 Å². The quantitative estimate of drug-likeness (QED) is 0.192. The number of carbonyl (C=O) groups is 4. The Kier molecular flexibility index (Phi) is 7.26. The minimum Gasteiger partial charge on any atom is -0.504 e. The third-order valence-corrected chi connectivity index (χ3v) is 7.47. The number of aliphatic imine (C=N–C) groups is 1. The van der Waals surface area contributed by atoms with Crippen molar-refractivity contribution in [3.05, 3.63) is 99.2 Å².